The predicted octanol–water partition coefficient (Wildman–Crippen LogP) is 3.29. The van der Waals surface area contributed by atoms with Gasteiger partial charge in [0.15, 0.2) is 0 Å². The van der Waals surface area contributed by atoms with Crippen LogP contribution < -0.4 is 10.6 Å². The van der Waals surface area contributed by atoms with Gasteiger partial charge in [-0.05, 0) is 49.2 Å². The van der Waals surface area contributed by atoms with Crippen LogP contribution in [0.4, 0.5) is 5.69 Å². The minimum absolute atomic E-state index is 0.0684. The van der Waals surface area contributed by atoms with Crippen LogP contribution in [0.25, 0.3) is 0 Å². The Kier molecular flexibility index (Phi) is 7.16. The molecule has 0 saturated carbocycles. The van der Waals surface area contributed by atoms with Gasteiger partial charge in [-0.25, -0.2) is 4.79 Å². The number of anilines is 1. The maximum atomic E-state index is 12.0. The third-order valence-corrected chi connectivity index (χ3v) is 3.79. The summed E-state index contributed by atoms with van der Waals surface area (Å²) in [6.45, 7) is 5.52. The van der Waals surface area contributed by atoms with Crippen molar-refractivity contribution >= 4 is 17.6 Å². The van der Waals surface area contributed by atoms with Crippen molar-refractivity contribution < 1.29 is 14.3 Å². The van der Waals surface area contributed by atoms with Gasteiger partial charge >= 0.3 is 5.97 Å². The molecule has 0 aliphatic rings. The zero-order valence-corrected chi connectivity index (χ0v) is 14.7. The summed E-state index contributed by atoms with van der Waals surface area (Å²) in [5.41, 5.74) is 3.61. The van der Waals surface area contributed by atoms with Crippen molar-refractivity contribution in [3.05, 3.63) is 65.2 Å². The molecule has 2 N–H and O–H groups in total. The monoisotopic (exact) mass is 340 g/mol. The van der Waals surface area contributed by atoms with E-state index in [1.165, 1.54) is 11.1 Å². The maximum Gasteiger partial charge on any atom is 0.338 e. The zero-order valence-electron chi connectivity index (χ0n) is 14.7. The van der Waals surface area contributed by atoms with Crippen molar-refractivity contribution in [2.24, 2.45) is 0 Å². The highest BCUT2D eigenvalue weighted by molar-refractivity contribution is 5.93. The van der Waals surface area contributed by atoms with E-state index in [1.807, 2.05) is 12.1 Å². The molecule has 25 heavy (non-hydrogen) atoms. The van der Waals surface area contributed by atoms with Crippen LogP contribution in [0.1, 0.15) is 34.8 Å². The van der Waals surface area contributed by atoms with Crippen LogP contribution in [0, 0.1) is 6.92 Å². The number of esters is 1. The van der Waals surface area contributed by atoms with E-state index in [-0.39, 0.29) is 11.9 Å². The lowest BCUT2D eigenvalue weighted by Gasteiger charge is -2.09. The summed E-state index contributed by atoms with van der Waals surface area (Å²) in [4.78, 5) is 23.5. The Hall–Kier alpha value is -2.66. The molecule has 5 heteroatoms. The van der Waals surface area contributed by atoms with E-state index < -0.39 is 0 Å². The molecule has 0 aromatic heterocycles. The van der Waals surface area contributed by atoms with Crippen LogP contribution in [0.3, 0.4) is 0 Å². The molecule has 0 atom stereocenters. The van der Waals surface area contributed by atoms with Crippen LogP contribution in [0.15, 0.2) is 48.5 Å². The Bertz CT molecular complexity index is 711. The van der Waals surface area contributed by atoms with Crippen molar-refractivity contribution in [3.8, 4) is 0 Å². The Morgan fingerprint density at radius 1 is 1.04 bits per heavy atom. The predicted molar refractivity (Wildman–Crippen MR) is 98.5 cm³/mol. The third kappa shape index (κ3) is 6.04. The minimum atomic E-state index is -0.360. The number of amides is 1. The Morgan fingerprint density at radius 2 is 1.76 bits per heavy atom. The molecule has 0 aliphatic carbocycles. The smallest absolute Gasteiger partial charge is 0.338 e. The molecule has 2 aromatic rings. The van der Waals surface area contributed by atoms with E-state index in [0.717, 1.165) is 6.54 Å². The number of aryl methyl sites for hydroxylation is 1. The fourth-order valence-corrected chi connectivity index (χ4v) is 2.36. The van der Waals surface area contributed by atoms with E-state index in [4.69, 9.17) is 4.74 Å². The number of hydrogen-bond donors (Lipinski definition) is 2. The SMILES string of the molecule is CCOC(=O)c1ccc(NC(=O)CCNCc2ccccc2C)cc1. The maximum absolute atomic E-state index is 12.0. The quantitative estimate of drug-likeness (QED) is 0.572. The lowest BCUT2D eigenvalue weighted by molar-refractivity contribution is -0.116. The first-order valence-corrected chi connectivity index (χ1v) is 8.42. The second-order valence-electron chi connectivity index (χ2n) is 5.70. The van der Waals surface area contributed by atoms with Crippen molar-refractivity contribution in [1.82, 2.24) is 5.32 Å². The van der Waals surface area contributed by atoms with Gasteiger partial charge in [0.05, 0.1) is 12.2 Å². The second-order valence-corrected chi connectivity index (χ2v) is 5.70. The van der Waals surface area contributed by atoms with Crippen LogP contribution in [0.5, 0.6) is 0 Å². The Labute approximate surface area is 148 Å². The summed E-state index contributed by atoms with van der Waals surface area (Å²) in [7, 11) is 0. The van der Waals surface area contributed by atoms with Crippen molar-refractivity contribution in [2.45, 2.75) is 26.8 Å². The lowest BCUT2D eigenvalue weighted by Crippen LogP contribution is -2.21. The second kappa shape index (κ2) is 9.59. The van der Waals surface area contributed by atoms with Crippen LogP contribution in [-0.2, 0) is 16.1 Å². The molecular weight excluding hydrogens is 316 g/mol. The standard InChI is InChI=1S/C20H24N2O3/c1-3-25-20(24)16-8-10-18(11-9-16)22-19(23)12-13-21-14-17-7-5-4-6-15(17)2/h4-11,21H,3,12-14H2,1-2H3,(H,22,23). The first kappa shape index (κ1) is 18.7. The van der Waals surface area contributed by atoms with Crippen molar-refractivity contribution in [2.75, 3.05) is 18.5 Å². The molecule has 1 amide bonds. The number of hydrogen-bond acceptors (Lipinski definition) is 4. The van der Waals surface area contributed by atoms with Gasteiger partial charge in [0, 0.05) is 25.2 Å². The average molecular weight is 340 g/mol. The number of nitrogens with one attached hydrogen (secondary N) is 2. The molecule has 5 nitrogen and oxygen atoms in total. The van der Waals surface area contributed by atoms with Crippen LogP contribution >= 0.6 is 0 Å². The Morgan fingerprint density at radius 3 is 2.44 bits per heavy atom. The third-order valence-electron chi connectivity index (χ3n) is 3.79. The van der Waals surface area contributed by atoms with E-state index in [1.54, 1.807) is 31.2 Å². The highest BCUT2D eigenvalue weighted by Gasteiger charge is 2.07. The molecule has 0 bridgehead atoms. The van der Waals surface area contributed by atoms with Gasteiger partial charge in [0.1, 0.15) is 0 Å². The van der Waals surface area contributed by atoms with E-state index in [0.29, 0.717) is 30.8 Å². The van der Waals surface area contributed by atoms with E-state index in [9.17, 15) is 9.59 Å². The largest absolute Gasteiger partial charge is 0.462 e. The van der Waals surface area contributed by atoms with Crippen molar-refractivity contribution in [3.63, 3.8) is 0 Å². The molecule has 0 radical (unpaired) electrons. The van der Waals surface area contributed by atoms with Gasteiger partial charge in [0.25, 0.3) is 0 Å². The van der Waals surface area contributed by atoms with Crippen molar-refractivity contribution in [1.29, 1.82) is 0 Å². The molecule has 0 heterocycles. The minimum Gasteiger partial charge on any atom is -0.462 e. The highest BCUT2D eigenvalue weighted by atomic mass is 16.5. The summed E-state index contributed by atoms with van der Waals surface area (Å²) in [5.74, 6) is -0.429. The summed E-state index contributed by atoms with van der Waals surface area (Å²) >= 11 is 0. The fraction of sp³-hybridized carbons (Fsp3) is 0.300. The molecule has 2 rings (SSSR count). The van der Waals surface area contributed by atoms with E-state index in [2.05, 4.69) is 29.7 Å². The molecular formula is C20H24N2O3. The molecule has 0 fully saturated rings. The molecule has 0 saturated heterocycles. The first-order valence-electron chi connectivity index (χ1n) is 8.42. The normalized spacial score (nSPS) is 10.3. The molecule has 2 aromatic carbocycles. The van der Waals surface area contributed by atoms with Crippen LogP contribution in [0.2, 0.25) is 0 Å². The summed E-state index contributed by atoms with van der Waals surface area (Å²) < 4.78 is 4.92. The summed E-state index contributed by atoms with van der Waals surface area (Å²) in [5, 5.41) is 6.09. The fourth-order valence-electron chi connectivity index (χ4n) is 2.36. The number of carbonyl (C=O) groups excluding carboxylic acids is 2. The first-order chi connectivity index (χ1) is 12.1. The van der Waals surface area contributed by atoms with Gasteiger partial charge < -0.3 is 15.4 Å². The number of ether oxygens (including phenoxy) is 1. The van der Waals surface area contributed by atoms with Gasteiger partial charge in [-0.2, -0.15) is 0 Å². The van der Waals surface area contributed by atoms with E-state index >= 15 is 0 Å². The topological polar surface area (TPSA) is 67.4 Å². The van der Waals surface area contributed by atoms with Gasteiger partial charge in [-0.3, -0.25) is 4.79 Å². The number of benzene rings is 2. The summed E-state index contributed by atoms with van der Waals surface area (Å²) in [6, 6.07) is 14.9. The number of rotatable bonds is 8. The summed E-state index contributed by atoms with van der Waals surface area (Å²) in [6.07, 6.45) is 0.380. The van der Waals surface area contributed by atoms with Gasteiger partial charge in [-0.1, -0.05) is 24.3 Å². The number of carbonyl (C=O) groups is 2. The van der Waals surface area contributed by atoms with Crippen LogP contribution in [-0.4, -0.2) is 25.0 Å². The molecule has 132 valence electrons. The average Bonchev–Trinajstić information content (AvgIpc) is 2.61. The Balaban J connectivity index is 1.73. The molecule has 0 unspecified atom stereocenters. The molecule has 0 spiro atoms. The lowest BCUT2D eigenvalue weighted by atomic mass is 10.1. The van der Waals surface area contributed by atoms with Gasteiger partial charge in [-0.15, -0.1) is 0 Å². The van der Waals surface area contributed by atoms with Gasteiger partial charge in [0.2, 0.25) is 5.91 Å². The zero-order chi connectivity index (χ0) is 18.1. The molecule has 0 aliphatic heterocycles. The highest BCUT2D eigenvalue weighted by Crippen LogP contribution is 2.11.